The van der Waals surface area contributed by atoms with Crippen LogP contribution in [0.5, 0.6) is 0 Å². The van der Waals surface area contributed by atoms with Crippen LogP contribution in [0.25, 0.3) is 5.57 Å². The zero-order valence-corrected chi connectivity index (χ0v) is 17.3. The summed E-state index contributed by atoms with van der Waals surface area (Å²) in [6.07, 6.45) is 3.97. The summed E-state index contributed by atoms with van der Waals surface area (Å²) in [5.74, 6) is 2.16. The van der Waals surface area contributed by atoms with Gasteiger partial charge >= 0.3 is 0 Å². The van der Waals surface area contributed by atoms with E-state index in [2.05, 4.69) is 58.9 Å². The topological polar surface area (TPSA) is 83.4 Å². The molecule has 150 valence electrons. The van der Waals surface area contributed by atoms with Gasteiger partial charge in [0.25, 0.3) is 0 Å². The molecule has 0 amide bonds. The lowest BCUT2D eigenvalue weighted by atomic mass is 10.1. The van der Waals surface area contributed by atoms with Crippen LogP contribution in [-0.2, 0) is 11.8 Å². The zero-order chi connectivity index (χ0) is 20.3. The SMILES string of the molecule is C=C(/N=C(\C=C(/C)c1c(C)cnn1C)N1CCOC[C@H]1C)Nc1cc(C)n[nH]1. The first-order valence-electron chi connectivity index (χ1n) is 9.43. The van der Waals surface area contributed by atoms with Crippen LogP contribution in [0.3, 0.4) is 0 Å². The van der Waals surface area contributed by atoms with Crippen LogP contribution in [-0.4, -0.2) is 56.5 Å². The fourth-order valence-electron chi connectivity index (χ4n) is 3.43. The average molecular weight is 384 g/mol. The highest BCUT2D eigenvalue weighted by atomic mass is 16.5. The molecule has 0 spiro atoms. The number of hydrogen-bond donors (Lipinski definition) is 2. The molecule has 1 saturated heterocycles. The van der Waals surface area contributed by atoms with Crippen molar-refractivity contribution in [2.45, 2.75) is 33.7 Å². The Morgan fingerprint density at radius 1 is 1.46 bits per heavy atom. The molecule has 2 aromatic heterocycles. The van der Waals surface area contributed by atoms with Crippen molar-refractivity contribution in [3.63, 3.8) is 0 Å². The lowest BCUT2D eigenvalue weighted by Gasteiger charge is -2.35. The summed E-state index contributed by atoms with van der Waals surface area (Å²) in [7, 11) is 1.95. The molecule has 0 bridgehead atoms. The van der Waals surface area contributed by atoms with Crippen molar-refractivity contribution in [1.29, 1.82) is 0 Å². The summed E-state index contributed by atoms with van der Waals surface area (Å²) in [5, 5.41) is 14.6. The molecule has 28 heavy (non-hydrogen) atoms. The molecule has 1 fully saturated rings. The van der Waals surface area contributed by atoms with Gasteiger partial charge < -0.3 is 15.0 Å². The molecule has 0 radical (unpaired) electrons. The molecule has 0 aromatic carbocycles. The van der Waals surface area contributed by atoms with Crippen LogP contribution in [0, 0.1) is 13.8 Å². The second kappa shape index (κ2) is 8.43. The first kappa shape index (κ1) is 19.9. The van der Waals surface area contributed by atoms with E-state index >= 15 is 0 Å². The van der Waals surface area contributed by atoms with E-state index in [1.807, 2.05) is 30.9 Å². The number of aryl methyl sites for hydroxylation is 3. The highest BCUT2D eigenvalue weighted by molar-refractivity contribution is 5.99. The Bertz CT molecular complexity index is 886. The van der Waals surface area contributed by atoms with Gasteiger partial charge in [0, 0.05) is 19.7 Å². The van der Waals surface area contributed by atoms with E-state index in [9.17, 15) is 0 Å². The Balaban J connectivity index is 1.92. The fraction of sp³-hybridized carbons (Fsp3) is 0.450. The average Bonchev–Trinajstić information content (AvgIpc) is 3.19. The first-order valence-corrected chi connectivity index (χ1v) is 9.43. The summed E-state index contributed by atoms with van der Waals surface area (Å²) >= 11 is 0. The van der Waals surface area contributed by atoms with Crippen molar-refractivity contribution in [2.24, 2.45) is 12.0 Å². The fourth-order valence-corrected chi connectivity index (χ4v) is 3.43. The molecule has 8 nitrogen and oxygen atoms in total. The summed E-state index contributed by atoms with van der Waals surface area (Å²) in [5.41, 5.74) is 4.23. The molecule has 3 heterocycles. The van der Waals surface area contributed by atoms with E-state index in [0.717, 1.165) is 40.7 Å². The van der Waals surface area contributed by atoms with E-state index in [1.54, 1.807) is 0 Å². The van der Waals surface area contributed by atoms with E-state index in [1.165, 1.54) is 0 Å². The Labute approximate surface area is 166 Å². The van der Waals surface area contributed by atoms with Gasteiger partial charge in [0.05, 0.1) is 36.8 Å². The third-order valence-electron chi connectivity index (χ3n) is 4.74. The quantitative estimate of drug-likeness (QED) is 0.613. The zero-order valence-electron chi connectivity index (χ0n) is 17.3. The Morgan fingerprint density at radius 3 is 2.86 bits per heavy atom. The Morgan fingerprint density at radius 2 is 2.25 bits per heavy atom. The smallest absolute Gasteiger partial charge is 0.131 e. The summed E-state index contributed by atoms with van der Waals surface area (Å²) in [6.45, 7) is 14.4. The maximum absolute atomic E-state index is 5.60. The molecular weight excluding hydrogens is 354 g/mol. The van der Waals surface area contributed by atoms with E-state index < -0.39 is 0 Å². The van der Waals surface area contributed by atoms with Gasteiger partial charge in [-0.25, -0.2) is 4.99 Å². The number of hydrogen-bond acceptors (Lipinski definition) is 5. The normalized spacial score (nSPS) is 18.5. The van der Waals surface area contributed by atoms with E-state index in [-0.39, 0.29) is 6.04 Å². The standard InChI is InChI=1S/C20H29N7O/c1-13(20-14(2)11-21-26(20)6)9-19(27-7-8-28-12-16(27)4)23-17(5)22-18-10-15(3)24-25-18/h9-11,16H,5,7-8,12H2,1-4,6H3,(H2,22,24,25)/b13-9+,23-19+/t16-/m1/s1. The van der Waals surface area contributed by atoms with Gasteiger partial charge in [0.1, 0.15) is 17.5 Å². The van der Waals surface area contributed by atoms with Gasteiger partial charge in [-0.05, 0) is 44.9 Å². The van der Waals surface area contributed by atoms with Gasteiger partial charge in [-0.2, -0.15) is 10.2 Å². The summed E-state index contributed by atoms with van der Waals surface area (Å²) in [4.78, 5) is 7.05. The van der Waals surface area contributed by atoms with Crippen molar-refractivity contribution in [2.75, 3.05) is 25.1 Å². The highest BCUT2D eigenvalue weighted by Gasteiger charge is 2.22. The Kier molecular flexibility index (Phi) is 5.99. The van der Waals surface area contributed by atoms with Gasteiger partial charge in [0.15, 0.2) is 0 Å². The van der Waals surface area contributed by atoms with Gasteiger partial charge in [-0.1, -0.05) is 6.58 Å². The second-order valence-electron chi connectivity index (χ2n) is 7.21. The number of rotatable bonds is 5. The second-order valence-corrected chi connectivity index (χ2v) is 7.21. The Hall–Kier alpha value is -2.87. The van der Waals surface area contributed by atoms with Crippen LogP contribution >= 0.6 is 0 Å². The van der Waals surface area contributed by atoms with Crippen molar-refractivity contribution in [3.05, 3.63) is 47.7 Å². The summed E-state index contributed by atoms with van der Waals surface area (Å²) in [6, 6.07) is 2.14. The summed E-state index contributed by atoms with van der Waals surface area (Å²) < 4.78 is 7.49. The molecule has 2 N–H and O–H groups in total. The first-order chi connectivity index (χ1) is 13.3. The third kappa shape index (κ3) is 4.51. The number of allylic oxidation sites excluding steroid dienone is 1. The number of aromatic nitrogens is 4. The molecule has 8 heteroatoms. The van der Waals surface area contributed by atoms with Crippen LogP contribution < -0.4 is 5.32 Å². The van der Waals surface area contributed by atoms with Crippen molar-refractivity contribution in [3.8, 4) is 0 Å². The number of amidine groups is 1. The minimum absolute atomic E-state index is 0.228. The number of aromatic amines is 1. The monoisotopic (exact) mass is 383 g/mol. The van der Waals surface area contributed by atoms with Crippen molar-refractivity contribution < 1.29 is 4.74 Å². The predicted molar refractivity (Wildman–Crippen MR) is 112 cm³/mol. The number of anilines is 1. The van der Waals surface area contributed by atoms with Gasteiger partial charge in [0.2, 0.25) is 0 Å². The number of nitrogens with one attached hydrogen (secondary N) is 2. The molecule has 1 aliphatic rings. The van der Waals surface area contributed by atoms with Crippen molar-refractivity contribution in [1.82, 2.24) is 24.9 Å². The number of ether oxygens (including phenoxy) is 1. The molecule has 0 aliphatic carbocycles. The van der Waals surface area contributed by atoms with E-state index in [4.69, 9.17) is 9.73 Å². The van der Waals surface area contributed by atoms with Gasteiger partial charge in [-0.3, -0.25) is 9.78 Å². The maximum Gasteiger partial charge on any atom is 0.131 e. The van der Waals surface area contributed by atoms with Crippen molar-refractivity contribution >= 4 is 17.2 Å². The predicted octanol–water partition coefficient (Wildman–Crippen LogP) is 2.87. The molecular formula is C20H29N7O. The molecule has 2 aromatic rings. The maximum atomic E-state index is 5.60. The van der Waals surface area contributed by atoms with Crippen LogP contribution in [0.4, 0.5) is 5.82 Å². The number of nitrogens with zero attached hydrogens (tertiary/aromatic N) is 5. The molecule has 0 saturated carbocycles. The largest absolute Gasteiger partial charge is 0.377 e. The van der Waals surface area contributed by atoms with Crippen LogP contribution in [0.2, 0.25) is 0 Å². The minimum Gasteiger partial charge on any atom is -0.377 e. The van der Waals surface area contributed by atoms with E-state index in [0.29, 0.717) is 19.0 Å². The lowest BCUT2D eigenvalue weighted by Crippen LogP contribution is -2.46. The lowest BCUT2D eigenvalue weighted by molar-refractivity contribution is 0.0336. The highest BCUT2D eigenvalue weighted by Crippen LogP contribution is 2.20. The number of H-pyrrole nitrogens is 1. The number of morpholine rings is 1. The van der Waals surface area contributed by atoms with Crippen LogP contribution in [0.15, 0.2) is 35.7 Å². The van der Waals surface area contributed by atoms with Crippen LogP contribution in [0.1, 0.15) is 30.8 Å². The minimum atomic E-state index is 0.228. The molecule has 0 unspecified atom stereocenters. The molecule has 3 rings (SSSR count). The third-order valence-corrected chi connectivity index (χ3v) is 4.74. The molecule has 1 aliphatic heterocycles. The van der Waals surface area contributed by atoms with Gasteiger partial charge in [-0.15, -0.1) is 0 Å². The molecule has 1 atom stereocenters. The number of aliphatic imine (C=N–C) groups is 1.